The minimum absolute atomic E-state index is 0.0545. The molecule has 2 nitrogen and oxygen atoms in total. The zero-order chi connectivity index (χ0) is 13.0. The van der Waals surface area contributed by atoms with E-state index >= 15 is 0 Å². The molecule has 1 atom stereocenters. The number of nitrogens with two attached hydrogens (primary N) is 1. The first-order valence-corrected chi connectivity index (χ1v) is 7.02. The Morgan fingerprint density at radius 1 is 1.17 bits per heavy atom. The van der Waals surface area contributed by atoms with Crippen molar-refractivity contribution < 1.29 is 0 Å². The van der Waals surface area contributed by atoms with Gasteiger partial charge in [0.05, 0.1) is 5.03 Å². The molecule has 3 heteroatoms. The van der Waals surface area contributed by atoms with E-state index in [1.54, 1.807) is 11.8 Å². The van der Waals surface area contributed by atoms with E-state index in [-0.39, 0.29) is 6.04 Å². The minimum atomic E-state index is 0.0545. The lowest BCUT2D eigenvalue weighted by Crippen LogP contribution is -2.12. The molecule has 0 aliphatic rings. The van der Waals surface area contributed by atoms with Gasteiger partial charge >= 0.3 is 0 Å². The van der Waals surface area contributed by atoms with Gasteiger partial charge in [0.2, 0.25) is 0 Å². The molecular formula is C15H18N2S. The van der Waals surface area contributed by atoms with Gasteiger partial charge < -0.3 is 5.73 Å². The van der Waals surface area contributed by atoms with Gasteiger partial charge in [0.25, 0.3) is 0 Å². The highest BCUT2D eigenvalue weighted by molar-refractivity contribution is 7.99. The van der Waals surface area contributed by atoms with E-state index in [4.69, 9.17) is 5.73 Å². The Bertz CT molecular complexity index is 491. The second kappa shape index (κ2) is 6.03. The molecule has 0 aliphatic carbocycles. The highest BCUT2D eigenvalue weighted by atomic mass is 32.2. The van der Waals surface area contributed by atoms with Crippen molar-refractivity contribution in [3.63, 3.8) is 0 Å². The van der Waals surface area contributed by atoms with Crippen LogP contribution in [0.5, 0.6) is 0 Å². The van der Waals surface area contributed by atoms with Crippen molar-refractivity contribution in [2.45, 2.75) is 24.9 Å². The summed E-state index contributed by atoms with van der Waals surface area (Å²) in [5.41, 5.74) is 9.65. The molecule has 18 heavy (non-hydrogen) atoms. The molecule has 1 unspecified atom stereocenters. The fourth-order valence-electron chi connectivity index (χ4n) is 1.85. The Labute approximate surface area is 113 Å². The van der Waals surface area contributed by atoms with E-state index in [1.807, 2.05) is 25.1 Å². The molecule has 1 heterocycles. The summed E-state index contributed by atoms with van der Waals surface area (Å²) in [6.45, 7) is 4.12. The lowest BCUT2D eigenvalue weighted by Gasteiger charge is -2.11. The van der Waals surface area contributed by atoms with E-state index in [2.05, 4.69) is 36.2 Å². The first kappa shape index (κ1) is 13.1. The van der Waals surface area contributed by atoms with Crippen LogP contribution >= 0.6 is 11.8 Å². The van der Waals surface area contributed by atoms with Crippen LogP contribution in [0.4, 0.5) is 0 Å². The summed E-state index contributed by atoms with van der Waals surface area (Å²) in [6.07, 6.45) is 0. The molecule has 94 valence electrons. The maximum atomic E-state index is 6.17. The molecule has 0 bridgehead atoms. The number of hydrogen-bond donors (Lipinski definition) is 1. The second-order valence-corrected chi connectivity index (χ2v) is 5.49. The molecule has 0 fully saturated rings. The molecule has 0 saturated heterocycles. The standard InChI is InChI=1S/C15H18N2S/c1-11-8-12(2)17-15(9-11)18-10-14(16)13-6-4-3-5-7-13/h3-9,14H,10,16H2,1-2H3. The Morgan fingerprint density at radius 2 is 1.89 bits per heavy atom. The molecule has 0 aliphatic heterocycles. The van der Waals surface area contributed by atoms with Crippen LogP contribution in [-0.2, 0) is 0 Å². The molecular weight excluding hydrogens is 240 g/mol. The first-order valence-electron chi connectivity index (χ1n) is 6.04. The van der Waals surface area contributed by atoms with E-state index in [1.165, 1.54) is 11.1 Å². The van der Waals surface area contributed by atoms with Crippen molar-refractivity contribution in [2.24, 2.45) is 5.73 Å². The van der Waals surface area contributed by atoms with E-state index < -0.39 is 0 Å². The lowest BCUT2D eigenvalue weighted by molar-refractivity contribution is 0.829. The molecule has 2 N–H and O–H groups in total. The third-order valence-electron chi connectivity index (χ3n) is 2.71. The van der Waals surface area contributed by atoms with Crippen LogP contribution in [0.15, 0.2) is 47.5 Å². The topological polar surface area (TPSA) is 38.9 Å². The zero-order valence-corrected chi connectivity index (χ0v) is 11.6. The molecule has 0 amide bonds. The number of nitrogens with zero attached hydrogens (tertiary/aromatic N) is 1. The molecule has 2 rings (SSSR count). The average Bonchev–Trinajstić information content (AvgIpc) is 2.36. The average molecular weight is 258 g/mol. The highest BCUT2D eigenvalue weighted by Gasteiger charge is 2.07. The van der Waals surface area contributed by atoms with Crippen LogP contribution in [0.25, 0.3) is 0 Å². The molecule has 0 saturated carbocycles. The smallest absolute Gasteiger partial charge is 0.0966 e. The van der Waals surface area contributed by atoms with E-state index in [9.17, 15) is 0 Å². The predicted molar refractivity (Wildman–Crippen MR) is 77.8 cm³/mol. The second-order valence-electron chi connectivity index (χ2n) is 4.45. The van der Waals surface area contributed by atoms with Gasteiger partial charge in [0, 0.05) is 17.5 Å². The van der Waals surface area contributed by atoms with Crippen LogP contribution in [-0.4, -0.2) is 10.7 Å². The summed E-state index contributed by atoms with van der Waals surface area (Å²) in [5.74, 6) is 0.847. The first-order chi connectivity index (χ1) is 8.65. The summed E-state index contributed by atoms with van der Waals surface area (Å²) in [5, 5.41) is 1.05. The Hall–Kier alpha value is -1.32. The van der Waals surface area contributed by atoms with Gasteiger partial charge in [-0.1, -0.05) is 30.3 Å². The van der Waals surface area contributed by atoms with Crippen molar-refractivity contribution in [1.29, 1.82) is 0 Å². The van der Waals surface area contributed by atoms with Gasteiger partial charge in [0.15, 0.2) is 0 Å². The number of pyridine rings is 1. The van der Waals surface area contributed by atoms with Crippen molar-refractivity contribution in [3.05, 3.63) is 59.3 Å². The van der Waals surface area contributed by atoms with Crippen LogP contribution < -0.4 is 5.73 Å². The van der Waals surface area contributed by atoms with Gasteiger partial charge in [-0.25, -0.2) is 4.98 Å². The molecule has 0 spiro atoms. The SMILES string of the molecule is Cc1cc(C)nc(SCC(N)c2ccccc2)c1. The van der Waals surface area contributed by atoms with E-state index in [0.29, 0.717) is 0 Å². The molecule has 1 aromatic heterocycles. The maximum absolute atomic E-state index is 6.17. The number of hydrogen-bond acceptors (Lipinski definition) is 3. The summed E-state index contributed by atoms with van der Waals surface area (Å²) < 4.78 is 0. The van der Waals surface area contributed by atoms with Gasteiger partial charge in [-0.15, -0.1) is 11.8 Å². The van der Waals surface area contributed by atoms with Crippen molar-refractivity contribution in [2.75, 3.05) is 5.75 Å². The third-order valence-corrected chi connectivity index (χ3v) is 3.74. The normalized spacial score (nSPS) is 12.4. The van der Waals surface area contributed by atoms with Gasteiger partial charge in [0.1, 0.15) is 0 Å². The maximum Gasteiger partial charge on any atom is 0.0966 e. The van der Waals surface area contributed by atoms with Crippen LogP contribution in [0.1, 0.15) is 22.9 Å². The third kappa shape index (κ3) is 3.59. The van der Waals surface area contributed by atoms with E-state index in [0.717, 1.165) is 16.5 Å². The molecule has 2 aromatic rings. The highest BCUT2D eigenvalue weighted by Crippen LogP contribution is 2.22. The van der Waals surface area contributed by atoms with Crippen LogP contribution in [0.2, 0.25) is 0 Å². The van der Waals surface area contributed by atoms with Crippen molar-refractivity contribution >= 4 is 11.8 Å². The number of rotatable bonds is 4. The summed E-state index contributed by atoms with van der Waals surface area (Å²) in [4.78, 5) is 4.51. The number of aromatic nitrogens is 1. The van der Waals surface area contributed by atoms with Crippen LogP contribution in [0, 0.1) is 13.8 Å². The number of aryl methyl sites for hydroxylation is 2. The lowest BCUT2D eigenvalue weighted by atomic mass is 10.1. The predicted octanol–water partition coefficient (Wildman–Crippen LogP) is 3.49. The monoisotopic (exact) mass is 258 g/mol. The Kier molecular flexibility index (Phi) is 4.39. The number of thioether (sulfide) groups is 1. The minimum Gasteiger partial charge on any atom is -0.323 e. The van der Waals surface area contributed by atoms with Crippen LogP contribution in [0.3, 0.4) is 0 Å². The Balaban J connectivity index is 1.99. The quantitative estimate of drug-likeness (QED) is 0.853. The Morgan fingerprint density at radius 3 is 2.56 bits per heavy atom. The fourth-order valence-corrected chi connectivity index (χ4v) is 2.87. The van der Waals surface area contributed by atoms with Crippen molar-refractivity contribution in [3.8, 4) is 0 Å². The van der Waals surface area contributed by atoms with Gasteiger partial charge in [-0.3, -0.25) is 0 Å². The number of benzene rings is 1. The molecule has 1 aromatic carbocycles. The molecule has 0 radical (unpaired) electrons. The van der Waals surface area contributed by atoms with Crippen molar-refractivity contribution in [1.82, 2.24) is 4.98 Å². The largest absolute Gasteiger partial charge is 0.323 e. The summed E-state index contributed by atoms with van der Waals surface area (Å²) in [7, 11) is 0. The summed E-state index contributed by atoms with van der Waals surface area (Å²) >= 11 is 1.72. The van der Waals surface area contributed by atoms with Gasteiger partial charge in [-0.2, -0.15) is 0 Å². The van der Waals surface area contributed by atoms with Gasteiger partial charge in [-0.05, 0) is 37.1 Å². The fraction of sp³-hybridized carbons (Fsp3) is 0.267. The summed E-state index contributed by atoms with van der Waals surface area (Å²) in [6, 6.07) is 14.4. The zero-order valence-electron chi connectivity index (χ0n) is 10.8.